The van der Waals surface area contributed by atoms with Crippen LogP contribution in [-0.2, 0) is 11.2 Å². The molecule has 29 heavy (non-hydrogen) atoms. The van der Waals surface area contributed by atoms with E-state index in [0.717, 1.165) is 30.2 Å². The van der Waals surface area contributed by atoms with Crippen LogP contribution in [0.25, 0.3) is 11.3 Å². The Bertz CT molecular complexity index is 1020. The molecule has 0 atom stereocenters. The van der Waals surface area contributed by atoms with Gasteiger partial charge < -0.3 is 5.32 Å². The largest absolute Gasteiger partial charge is 0.356 e. The Morgan fingerprint density at radius 1 is 1.17 bits per heavy atom. The van der Waals surface area contributed by atoms with Gasteiger partial charge in [0.05, 0.1) is 16.3 Å². The first-order chi connectivity index (χ1) is 13.9. The molecular weight excluding hydrogens is 413 g/mol. The van der Waals surface area contributed by atoms with Crippen LogP contribution in [0.5, 0.6) is 0 Å². The lowest BCUT2D eigenvalue weighted by atomic mass is 10.1. The number of aryl methyl sites for hydroxylation is 1. The van der Waals surface area contributed by atoms with E-state index in [4.69, 9.17) is 11.6 Å². The van der Waals surface area contributed by atoms with Crippen LogP contribution < -0.4 is 10.6 Å². The number of hydrogen-bond donors (Lipinski definition) is 2. The van der Waals surface area contributed by atoms with Gasteiger partial charge in [-0.05, 0) is 36.6 Å². The van der Waals surface area contributed by atoms with Crippen molar-refractivity contribution in [2.75, 3.05) is 11.9 Å². The highest BCUT2D eigenvalue weighted by Crippen LogP contribution is 2.26. The van der Waals surface area contributed by atoms with Crippen LogP contribution in [0.2, 0.25) is 5.02 Å². The fourth-order valence-corrected chi connectivity index (χ4v) is 3.67. The maximum atomic E-state index is 13.1. The minimum Gasteiger partial charge on any atom is -0.356 e. The summed E-state index contributed by atoms with van der Waals surface area (Å²) in [5, 5.41) is 7.81. The molecule has 8 heteroatoms. The molecule has 0 bridgehead atoms. The van der Waals surface area contributed by atoms with Crippen LogP contribution >= 0.6 is 22.9 Å². The number of nitrogens with one attached hydrogen (secondary N) is 2. The molecule has 1 aromatic heterocycles. The van der Waals surface area contributed by atoms with E-state index in [1.54, 1.807) is 0 Å². The highest BCUT2D eigenvalue weighted by Gasteiger charge is 2.13. The number of benzene rings is 2. The summed E-state index contributed by atoms with van der Waals surface area (Å²) in [7, 11) is 0. The third kappa shape index (κ3) is 5.85. The van der Waals surface area contributed by atoms with E-state index in [-0.39, 0.29) is 16.5 Å². The quantitative estimate of drug-likeness (QED) is 0.521. The Morgan fingerprint density at radius 2 is 1.93 bits per heavy atom. The average Bonchev–Trinajstić information content (AvgIpc) is 3.14. The number of thiazole rings is 1. The molecule has 0 saturated carbocycles. The molecule has 0 spiro atoms. The van der Waals surface area contributed by atoms with Gasteiger partial charge in [-0.3, -0.25) is 14.9 Å². The molecule has 5 nitrogen and oxygen atoms in total. The van der Waals surface area contributed by atoms with Crippen molar-refractivity contribution in [1.82, 2.24) is 10.3 Å². The lowest BCUT2D eigenvalue weighted by Crippen LogP contribution is -2.21. The highest BCUT2D eigenvalue weighted by atomic mass is 35.5. The first-order valence-corrected chi connectivity index (χ1v) is 10.2. The second-order valence-electron chi connectivity index (χ2n) is 6.40. The maximum absolute atomic E-state index is 13.1. The van der Waals surface area contributed by atoms with E-state index in [1.165, 1.54) is 36.0 Å². The molecule has 150 valence electrons. The summed E-state index contributed by atoms with van der Waals surface area (Å²) in [4.78, 5) is 27.6. The first kappa shape index (κ1) is 21.0. The number of aromatic nitrogens is 1. The van der Waals surface area contributed by atoms with Crippen molar-refractivity contribution in [2.24, 2.45) is 0 Å². The van der Waals surface area contributed by atoms with Crippen LogP contribution in [0.15, 0.2) is 47.8 Å². The zero-order chi connectivity index (χ0) is 20.8. The van der Waals surface area contributed by atoms with Gasteiger partial charge in [-0.1, -0.05) is 35.9 Å². The van der Waals surface area contributed by atoms with Crippen LogP contribution in [0.4, 0.5) is 9.52 Å². The number of amides is 2. The standard InChI is InChI=1S/C21H19ClFN3O2S/c1-13(27)24-10-2-3-14-4-6-15(7-5-14)19-12-29-21(25-19)26-20(28)17-9-8-16(23)11-18(17)22/h4-9,11-12H,2-3,10H2,1H3,(H,24,27)(H,25,26,28). The van der Waals surface area contributed by atoms with E-state index in [0.29, 0.717) is 11.7 Å². The average molecular weight is 432 g/mol. The minimum atomic E-state index is -0.498. The number of carbonyl (C=O) groups excluding carboxylic acids is 2. The molecular formula is C21H19ClFN3O2S. The fourth-order valence-electron chi connectivity index (χ4n) is 2.70. The predicted octanol–water partition coefficient (Wildman–Crippen LogP) is 4.92. The minimum absolute atomic E-state index is 0.0199. The normalized spacial score (nSPS) is 10.6. The third-order valence-corrected chi connectivity index (χ3v) is 5.24. The number of nitrogens with zero attached hydrogens (tertiary/aromatic N) is 1. The van der Waals surface area contributed by atoms with Gasteiger partial charge in [-0.25, -0.2) is 9.37 Å². The van der Waals surface area contributed by atoms with E-state index in [2.05, 4.69) is 15.6 Å². The molecule has 0 saturated heterocycles. The van der Waals surface area contributed by atoms with Gasteiger partial charge in [-0.2, -0.15) is 0 Å². The number of hydrogen-bond acceptors (Lipinski definition) is 4. The van der Waals surface area contributed by atoms with Gasteiger partial charge in [0.25, 0.3) is 5.91 Å². The third-order valence-electron chi connectivity index (χ3n) is 4.17. The SMILES string of the molecule is CC(=O)NCCCc1ccc(-c2csc(NC(=O)c3ccc(F)cc3Cl)n2)cc1. The number of rotatable bonds is 7. The second-order valence-corrected chi connectivity index (χ2v) is 7.66. The summed E-state index contributed by atoms with van der Waals surface area (Å²) >= 11 is 7.23. The van der Waals surface area contributed by atoms with Crippen molar-refractivity contribution in [3.63, 3.8) is 0 Å². The van der Waals surface area contributed by atoms with Gasteiger partial charge in [0.1, 0.15) is 5.82 Å². The van der Waals surface area contributed by atoms with E-state index < -0.39 is 11.7 Å². The fraction of sp³-hybridized carbons (Fsp3) is 0.190. The van der Waals surface area contributed by atoms with Crippen molar-refractivity contribution in [2.45, 2.75) is 19.8 Å². The summed E-state index contributed by atoms with van der Waals surface area (Å²) in [5.74, 6) is -0.958. The Hall–Kier alpha value is -2.77. The first-order valence-electron chi connectivity index (χ1n) is 8.98. The van der Waals surface area contributed by atoms with E-state index in [1.807, 2.05) is 29.6 Å². The van der Waals surface area contributed by atoms with Crippen LogP contribution in [0, 0.1) is 5.82 Å². The van der Waals surface area contributed by atoms with Gasteiger partial charge >= 0.3 is 0 Å². The molecule has 0 radical (unpaired) electrons. The predicted molar refractivity (Wildman–Crippen MR) is 114 cm³/mol. The highest BCUT2D eigenvalue weighted by molar-refractivity contribution is 7.14. The molecule has 2 amide bonds. The molecule has 1 heterocycles. The molecule has 3 aromatic rings. The number of carbonyl (C=O) groups is 2. The molecule has 0 aliphatic rings. The Kier molecular flexibility index (Phi) is 6.95. The molecule has 2 N–H and O–H groups in total. The van der Waals surface area contributed by atoms with Crippen molar-refractivity contribution >= 4 is 39.9 Å². The van der Waals surface area contributed by atoms with Crippen molar-refractivity contribution < 1.29 is 14.0 Å². The van der Waals surface area contributed by atoms with E-state index in [9.17, 15) is 14.0 Å². The van der Waals surface area contributed by atoms with Crippen molar-refractivity contribution in [3.05, 3.63) is 69.8 Å². The number of halogens is 2. The summed E-state index contributed by atoms with van der Waals surface area (Å²) in [5.41, 5.74) is 3.05. The number of anilines is 1. The Labute approximate surface area is 176 Å². The zero-order valence-electron chi connectivity index (χ0n) is 15.7. The lowest BCUT2D eigenvalue weighted by molar-refractivity contribution is -0.118. The van der Waals surface area contributed by atoms with Crippen LogP contribution in [-0.4, -0.2) is 23.3 Å². The lowest BCUT2D eigenvalue weighted by Gasteiger charge is -2.05. The van der Waals surface area contributed by atoms with Crippen LogP contribution in [0.1, 0.15) is 29.3 Å². The monoisotopic (exact) mass is 431 g/mol. The molecule has 0 fully saturated rings. The Balaban J connectivity index is 1.60. The molecule has 2 aromatic carbocycles. The zero-order valence-corrected chi connectivity index (χ0v) is 17.2. The summed E-state index contributed by atoms with van der Waals surface area (Å²) < 4.78 is 13.1. The topological polar surface area (TPSA) is 71.1 Å². The summed E-state index contributed by atoms with van der Waals surface area (Å²) in [6.07, 6.45) is 1.75. The van der Waals surface area contributed by atoms with E-state index >= 15 is 0 Å². The Morgan fingerprint density at radius 3 is 2.62 bits per heavy atom. The maximum Gasteiger partial charge on any atom is 0.258 e. The van der Waals surface area contributed by atoms with Crippen LogP contribution in [0.3, 0.4) is 0 Å². The summed E-state index contributed by atoms with van der Waals surface area (Å²) in [6, 6.07) is 11.6. The van der Waals surface area contributed by atoms with Crippen molar-refractivity contribution in [1.29, 1.82) is 0 Å². The molecule has 3 rings (SSSR count). The molecule has 0 aliphatic carbocycles. The second kappa shape index (κ2) is 9.62. The van der Waals surface area contributed by atoms with Gasteiger partial charge in [0, 0.05) is 24.4 Å². The van der Waals surface area contributed by atoms with Gasteiger partial charge in [-0.15, -0.1) is 11.3 Å². The van der Waals surface area contributed by atoms with Crippen molar-refractivity contribution in [3.8, 4) is 11.3 Å². The van der Waals surface area contributed by atoms with Gasteiger partial charge in [0.2, 0.25) is 5.91 Å². The molecule has 0 unspecified atom stereocenters. The smallest absolute Gasteiger partial charge is 0.258 e. The molecule has 0 aliphatic heterocycles. The summed E-state index contributed by atoms with van der Waals surface area (Å²) in [6.45, 7) is 2.16. The van der Waals surface area contributed by atoms with Gasteiger partial charge in [0.15, 0.2) is 5.13 Å².